The molecule has 1 unspecified atom stereocenters. The highest BCUT2D eigenvalue weighted by molar-refractivity contribution is 5.96. The molecule has 5 nitrogen and oxygen atoms in total. The Kier molecular flexibility index (Phi) is 4.79. The van der Waals surface area contributed by atoms with Crippen LogP contribution in [-0.4, -0.2) is 29.4 Å². The van der Waals surface area contributed by atoms with Gasteiger partial charge >= 0.3 is 0 Å². The zero-order valence-corrected chi connectivity index (χ0v) is 11.5. The number of para-hydroxylation sites is 2. The minimum absolute atomic E-state index is 0.0809. The number of carbonyl (C=O) groups is 1. The van der Waals surface area contributed by atoms with Crippen LogP contribution < -0.4 is 9.47 Å². The summed E-state index contributed by atoms with van der Waals surface area (Å²) < 4.78 is 10.4. The molecule has 2 aromatic rings. The van der Waals surface area contributed by atoms with Gasteiger partial charge in [0, 0.05) is 5.56 Å². The molecule has 2 aromatic carbocycles. The largest absolute Gasteiger partial charge is 0.508 e. The van der Waals surface area contributed by atoms with Crippen molar-refractivity contribution in [1.29, 1.82) is 0 Å². The molecule has 5 heteroatoms. The van der Waals surface area contributed by atoms with Gasteiger partial charge in [-0.1, -0.05) is 12.1 Å². The average Bonchev–Trinajstić information content (AvgIpc) is 2.48. The van der Waals surface area contributed by atoms with Crippen LogP contribution in [0, 0.1) is 0 Å². The van der Waals surface area contributed by atoms with Crippen LogP contribution in [0.15, 0.2) is 48.5 Å². The second kappa shape index (κ2) is 6.76. The molecule has 110 valence electrons. The van der Waals surface area contributed by atoms with Crippen LogP contribution in [0.25, 0.3) is 0 Å². The molecule has 2 rings (SSSR count). The van der Waals surface area contributed by atoms with Gasteiger partial charge in [0.15, 0.2) is 17.3 Å². The average molecular weight is 288 g/mol. The number of aliphatic hydroxyl groups is 1. The predicted octanol–water partition coefficient (Wildman–Crippen LogP) is 2.37. The number of aromatic hydroxyl groups is 1. The molecule has 0 aliphatic carbocycles. The van der Waals surface area contributed by atoms with Crippen molar-refractivity contribution in [2.45, 2.75) is 12.7 Å². The molecule has 1 atom stereocenters. The van der Waals surface area contributed by atoms with Crippen LogP contribution in [0.5, 0.6) is 17.2 Å². The molecule has 2 N–H and O–H groups in total. The van der Waals surface area contributed by atoms with Gasteiger partial charge in [0.2, 0.25) is 6.29 Å². The lowest BCUT2D eigenvalue weighted by atomic mass is 10.1. The van der Waals surface area contributed by atoms with E-state index in [2.05, 4.69) is 0 Å². The van der Waals surface area contributed by atoms with Gasteiger partial charge in [0.1, 0.15) is 5.75 Å². The van der Waals surface area contributed by atoms with Crippen molar-refractivity contribution >= 4 is 5.78 Å². The quantitative estimate of drug-likeness (QED) is 0.630. The van der Waals surface area contributed by atoms with Gasteiger partial charge in [0.05, 0.1) is 13.5 Å². The number of phenolic OH excluding ortho intramolecular Hbond substituents is 1. The van der Waals surface area contributed by atoms with E-state index in [1.807, 2.05) is 0 Å². The molecule has 0 radical (unpaired) electrons. The first-order chi connectivity index (χ1) is 10.1. The number of ketones is 1. The summed E-state index contributed by atoms with van der Waals surface area (Å²) in [5.41, 5.74) is 0.399. The summed E-state index contributed by atoms with van der Waals surface area (Å²) >= 11 is 0. The molecule has 0 spiro atoms. The van der Waals surface area contributed by atoms with Crippen molar-refractivity contribution in [3.63, 3.8) is 0 Å². The Morgan fingerprint density at radius 1 is 1.10 bits per heavy atom. The van der Waals surface area contributed by atoms with Crippen LogP contribution in [0.3, 0.4) is 0 Å². The van der Waals surface area contributed by atoms with Crippen molar-refractivity contribution in [3.05, 3.63) is 54.1 Å². The first kappa shape index (κ1) is 14.9. The molecule has 0 bridgehead atoms. The summed E-state index contributed by atoms with van der Waals surface area (Å²) in [4.78, 5) is 12.0. The van der Waals surface area contributed by atoms with Crippen LogP contribution in [0.1, 0.15) is 16.8 Å². The Labute approximate surface area is 122 Å². The van der Waals surface area contributed by atoms with Crippen LogP contribution >= 0.6 is 0 Å². The first-order valence-corrected chi connectivity index (χ1v) is 6.40. The lowest BCUT2D eigenvalue weighted by molar-refractivity contribution is -0.0193. The molecule has 0 fully saturated rings. The third-order valence-electron chi connectivity index (χ3n) is 2.88. The molecule has 0 aromatic heterocycles. The fourth-order valence-electron chi connectivity index (χ4n) is 1.83. The highest BCUT2D eigenvalue weighted by Crippen LogP contribution is 2.27. The SMILES string of the molecule is COc1ccccc1OC(O)CC(=O)c1ccc(O)cc1. The lowest BCUT2D eigenvalue weighted by Crippen LogP contribution is -2.20. The van der Waals surface area contributed by atoms with Crippen molar-refractivity contribution in [3.8, 4) is 17.2 Å². The second-order valence-corrected chi connectivity index (χ2v) is 4.40. The summed E-state index contributed by atoms with van der Waals surface area (Å²) in [5.74, 6) is 0.648. The number of hydrogen-bond donors (Lipinski definition) is 2. The van der Waals surface area contributed by atoms with E-state index in [9.17, 15) is 15.0 Å². The number of phenols is 1. The number of benzene rings is 2. The van der Waals surface area contributed by atoms with E-state index in [1.165, 1.54) is 31.4 Å². The van der Waals surface area contributed by atoms with Crippen molar-refractivity contribution in [2.24, 2.45) is 0 Å². The van der Waals surface area contributed by atoms with E-state index in [1.54, 1.807) is 24.3 Å². The van der Waals surface area contributed by atoms with Gasteiger partial charge in [-0.05, 0) is 36.4 Å². The molecule has 0 heterocycles. The Morgan fingerprint density at radius 2 is 1.71 bits per heavy atom. The molecule has 0 aliphatic rings. The molecule has 0 saturated carbocycles. The van der Waals surface area contributed by atoms with Crippen molar-refractivity contribution < 1.29 is 24.5 Å². The maximum atomic E-state index is 12.0. The van der Waals surface area contributed by atoms with E-state index in [4.69, 9.17) is 9.47 Å². The predicted molar refractivity (Wildman–Crippen MR) is 76.7 cm³/mol. The Balaban J connectivity index is 1.99. The molecule has 0 amide bonds. The normalized spacial score (nSPS) is 11.7. The fraction of sp³-hybridized carbons (Fsp3) is 0.188. The first-order valence-electron chi connectivity index (χ1n) is 6.40. The second-order valence-electron chi connectivity index (χ2n) is 4.40. The van der Waals surface area contributed by atoms with Crippen LogP contribution in [-0.2, 0) is 0 Å². The number of ether oxygens (including phenoxy) is 2. The third kappa shape index (κ3) is 3.97. The lowest BCUT2D eigenvalue weighted by Gasteiger charge is -2.15. The number of hydrogen-bond acceptors (Lipinski definition) is 5. The topological polar surface area (TPSA) is 76.0 Å². The van der Waals surface area contributed by atoms with E-state index < -0.39 is 6.29 Å². The number of aliphatic hydroxyl groups excluding tert-OH is 1. The minimum Gasteiger partial charge on any atom is -0.508 e. The number of carbonyl (C=O) groups excluding carboxylic acids is 1. The zero-order chi connectivity index (χ0) is 15.2. The molecule has 21 heavy (non-hydrogen) atoms. The van der Waals surface area contributed by atoms with E-state index in [0.29, 0.717) is 17.1 Å². The standard InChI is InChI=1S/C16H16O5/c1-20-14-4-2-3-5-15(14)21-16(19)10-13(18)11-6-8-12(17)9-7-11/h2-9,16-17,19H,10H2,1H3. The smallest absolute Gasteiger partial charge is 0.204 e. The summed E-state index contributed by atoms with van der Waals surface area (Å²) in [6.07, 6.45) is -1.47. The third-order valence-corrected chi connectivity index (χ3v) is 2.88. The van der Waals surface area contributed by atoms with Crippen molar-refractivity contribution in [1.82, 2.24) is 0 Å². The van der Waals surface area contributed by atoms with Crippen LogP contribution in [0.2, 0.25) is 0 Å². The number of rotatable bonds is 6. The summed E-state index contributed by atoms with van der Waals surface area (Å²) in [5, 5.41) is 19.0. The molecular weight excluding hydrogens is 272 g/mol. The molecule has 0 aliphatic heterocycles. The Bertz CT molecular complexity index is 606. The summed E-state index contributed by atoms with van der Waals surface area (Å²) in [7, 11) is 1.50. The van der Waals surface area contributed by atoms with E-state index >= 15 is 0 Å². The number of methoxy groups -OCH3 is 1. The van der Waals surface area contributed by atoms with E-state index in [0.717, 1.165) is 0 Å². The highest BCUT2D eigenvalue weighted by Gasteiger charge is 2.16. The Hall–Kier alpha value is -2.53. The molecule has 0 saturated heterocycles. The van der Waals surface area contributed by atoms with Gasteiger partial charge < -0.3 is 19.7 Å². The Morgan fingerprint density at radius 3 is 2.33 bits per heavy atom. The maximum absolute atomic E-state index is 12.0. The van der Waals surface area contributed by atoms with Crippen molar-refractivity contribution in [2.75, 3.05) is 7.11 Å². The van der Waals surface area contributed by atoms with Gasteiger partial charge in [-0.3, -0.25) is 4.79 Å². The molecular formula is C16H16O5. The maximum Gasteiger partial charge on any atom is 0.204 e. The minimum atomic E-state index is -1.28. The highest BCUT2D eigenvalue weighted by atomic mass is 16.6. The monoisotopic (exact) mass is 288 g/mol. The van der Waals surface area contributed by atoms with Crippen LogP contribution in [0.4, 0.5) is 0 Å². The van der Waals surface area contributed by atoms with Gasteiger partial charge in [-0.25, -0.2) is 0 Å². The van der Waals surface area contributed by atoms with Gasteiger partial charge in [-0.2, -0.15) is 0 Å². The fourth-order valence-corrected chi connectivity index (χ4v) is 1.83. The number of Topliss-reactive ketones (excluding diaryl/α,β-unsaturated/α-hetero) is 1. The van der Waals surface area contributed by atoms with E-state index in [-0.39, 0.29) is 18.0 Å². The summed E-state index contributed by atoms with van der Waals surface area (Å²) in [6, 6.07) is 12.7. The summed E-state index contributed by atoms with van der Waals surface area (Å²) in [6.45, 7) is 0. The van der Waals surface area contributed by atoms with Gasteiger partial charge in [0.25, 0.3) is 0 Å². The van der Waals surface area contributed by atoms with Gasteiger partial charge in [-0.15, -0.1) is 0 Å². The zero-order valence-electron chi connectivity index (χ0n) is 11.5.